The van der Waals surface area contributed by atoms with E-state index in [-0.39, 0.29) is 16.5 Å². The molecule has 0 amide bonds. The molecule has 5 heteroatoms. The summed E-state index contributed by atoms with van der Waals surface area (Å²) >= 11 is 0. The van der Waals surface area contributed by atoms with Crippen LogP contribution in [0.5, 0.6) is 0 Å². The fourth-order valence-electron chi connectivity index (χ4n) is 2.30. The summed E-state index contributed by atoms with van der Waals surface area (Å²) in [6.45, 7) is 2.29. The summed E-state index contributed by atoms with van der Waals surface area (Å²) in [6, 6.07) is 6.67. The molecule has 0 aliphatic heterocycles. The smallest absolute Gasteiger partial charge is 0.126 e. The van der Waals surface area contributed by atoms with E-state index >= 15 is 0 Å². The summed E-state index contributed by atoms with van der Waals surface area (Å²) in [5.74, 6) is 1.02. The molecule has 0 saturated heterocycles. The van der Waals surface area contributed by atoms with E-state index in [1.807, 2.05) is 24.4 Å². The van der Waals surface area contributed by atoms with E-state index in [9.17, 15) is 0 Å². The third-order valence-corrected chi connectivity index (χ3v) is 3.62. The predicted molar refractivity (Wildman–Crippen MR) is 91.8 cm³/mol. The van der Waals surface area contributed by atoms with Crippen LogP contribution in [0.2, 0.25) is 0 Å². The van der Waals surface area contributed by atoms with Crippen LogP contribution in [0.4, 0.5) is 5.82 Å². The number of hydrogen-bond acceptors (Lipinski definition) is 4. The van der Waals surface area contributed by atoms with Crippen molar-refractivity contribution in [3.05, 3.63) is 24.4 Å². The van der Waals surface area contributed by atoms with Crippen LogP contribution in [0.1, 0.15) is 32.1 Å². The summed E-state index contributed by atoms with van der Waals surface area (Å²) in [6.07, 6.45) is 8.58. The van der Waals surface area contributed by atoms with Gasteiger partial charge in [-0.15, -0.1) is 0 Å². The van der Waals surface area contributed by atoms with E-state index in [2.05, 4.69) is 48.3 Å². The second-order valence-electron chi connectivity index (χ2n) is 6.30. The molecule has 1 aromatic rings. The van der Waals surface area contributed by atoms with Gasteiger partial charge in [-0.3, -0.25) is 0 Å². The summed E-state index contributed by atoms with van der Waals surface area (Å²) in [7, 11) is 8.35. The molecule has 4 nitrogen and oxygen atoms in total. The van der Waals surface area contributed by atoms with Gasteiger partial charge in [0.05, 0.1) is 0 Å². The Morgan fingerprint density at radius 1 is 1.00 bits per heavy atom. The number of nitrogens with zero attached hydrogens (tertiary/aromatic N) is 3. The first-order valence-corrected chi connectivity index (χ1v) is 8.05. The van der Waals surface area contributed by atoms with Crippen LogP contribution < -0.4 is 5.32 Å². The molecule has 1 N–H and O–H groups in total. The van der Waals surface area contributed by atoms with E-state index in [0.717, 1.165) is 18.9 Å². The molecule has 0 unspecified atom stereocenters. The van der Waals surface area contributed by atoms with Crippen molar-refractivity contribution in [3.8, 4) is 0 Å². The largest absolute Gasteiger partial charge is 0.367 e. The van der Waals surface area contributed by atoms with E-state index in [0.29, 0.717) is 6.04 Å². The Bertz CT molecular complexity index is 343. The molecule has 0 aromatic carbocycles. The molecular weight excluding hydrogens is 319 g/mol. The van der Waals surface area contributed by atoms with Crippen molar-refractivity contribution in [3.63, 3.8) is 0 Å². The van der Waals surface area contributed by atoms with Crippen molar-refractivity contribution in [2.75, 3.05) is 46.6 Å². The number of anilines is 1. The Morgan fingerprint density at radius 3 is 2.05 bits per heavy atom. The number of hydrogen-bond donors (Lipinski definition) is 1. The van der Waals surface area contributed by atoms with Crippen molar-refractivity contribution in [1.82, 2.24) is 14.8 Å². The van der Waals surface area contributed by atoms with Crippen LogP contribution in [0.25, 0.3) is 0 Å². The Balaban J connectivity index is 0.000000432. The van der Waals surface area contributed by atoms with Gasteiger partial charge >= 0.3 is 0 Å². The minimum atomic E-state index is 0. The molecule has 22 heavy (non-hydrogen) atoms. The van der Waals surface area contributed by atoms with Gasteiger partial charge in [0.2, 0.25) is 0 Å². The maximum absolute atomic E-state index is 4.26. The number of rotatable bonds is 5. The van der Waals surface area contributed by atoms with Gasteiger partial charge in [0.25, 0.3) is 0 Å². The minimum Gasteiger partial charge on any atom is -0.367 e. The molecule has 2 rings (SSSR count). The van der Waals surface area contributed by atoms with E-state index in [1.165, 1.54) is 32.1 Å². The van der Waals surface area contributed by atoms with E-state index in [1.54, 1.807) is 0 Å². The van der Waals surface area contributed by atoms with E-state index in [4.69, 9.17) is 0 Å². The van der Waals surface area contributed by atoms with Gasteiger partial charge in [-0.05, 0) is 53.2 Å². The monoisotopic (exact) mass is 350 g/mol. The van der Waals surface area contributed by atoms with E-state index < -0.39 is 0 Å². The second-order valence-corrected chi connectivity index (χ2v) is 6.30. The molecule has 1 aliphatic rings. The van der Waals surface area contributed by atoms with Gasteiger partial charge in [-0.25, -0.2) is 4.98 Å². The summed E-state index contributed by atoms with van der Waals surface area (Å²) in [4.78, 5) is 8.62. The first kappa shape index (κ1) is 21.4. The van der Waals surface area contributed by atoms with Crippen molar-refractivity contribution >= 4 is 5.82 Å². The van der Waals surface area contributed by atoms with Crippen LogP contribution in [-0.2, 0) is 16.5 Å². The minimum absolute atomic E-state index is 0. The quantitative estimate of drug-likeness (QED) is 0.827. The second kappa shape index (κ2) is 12.9. The van der Waals surface area contributed by atoms with Crippen molar-refractivity contribution < 1.29 is 16.5 Å². The van der Waals surface area contributed by atoms with Crippen LogP contribution in [0.15, 0.2) is 24.4 Å². The predicted octanol–water partition coefficient (Wildman–Crippen LogP) is 2.93. The molecule has 0 spiro atoms. The van der Waals surface area contributed by atoms with Crippen LogP contribution in [0.3, 0.4) is 0 Å². The summed E-state index contributed by atoms with van der Waals surface area (Å²) in [5.41, 5.74) is 0. The van der Waals surface area contributed by atoms with Gasteiger partial charge in [0.15, 0.2) is 0 Å². The molecule has 1 aromatic heterocycles. The molecule has 1 saturated carbocycles. The summed E-state index contributed by atoms with van der Waals surface area (Å²) < 4.78 is 0. The van der Waals surface area contributed by atoms with Gasteiger partial charge in [-0.2, -0.15) is 0 Å². The van der Waals surface area contributed by atoms with Crippen molar-refractivity contribution in [1.29, 1.82) is 0 Å². The molecular formula is C17H32N4Ni. The molecule has 1 fully saturated rings. The van der Waals surface area contributed by atoms with Gasteiger partial charge in [0.1, 0.15) is 5.82 Å². The van der Waals surface area contributed by atoms with Gasteiger partial charge in [0, 0.05) is 41.8 Å². The first-order chi connectivity index (χ1) is 10.1. The first-order valence-electron chi connectivity index (χ1n) is 8.05. The molecule has 0 atom stereocenters. The van der Waals surface area contributed by atoms with Crippen molar-refractivity contribution in [2.45, 2.75) is 38.1 Å². The standard InChI is InChI=1S/C11H16N2.C6H16N2.Ni/c1-2-6-10(7-3-1)13-11-8-4-5-9-12-11;1-7(2)5-6-8(3)4;/h4-5,8-10H,1-3,6-7H2,(H,12,13);5-6H2,1-4H3;. The molecule has 1 heterocycles. The molecule has 0 bridgehead atoms. The normalized spacial score (nSPS) is 15.0. The maximum Gasteiger partial charge on any atom is 0.126 e. The average molecular weight is 351 g/mol. The number of nitrogens with one attached hydrogen (secondary N) is 1. The molecule has 130 valence electrons. The summed E-state index contributed by atoms with van der Waals surface area (Å²) in [5, 5.41) is 3.47. The zero-order valence-corrected chi connectivity index (χ0v) is 15.5. The number of pyridine rings is 1. The fourth-order valence-corrected chi connectivity index (χ4v) is 2.30. The Labute approximate surface area is 146 Å². The van der Waals surface area contributed by atoms with Crippen LogP contribution in [-0.4, -0.2) is 62.1 Å². The van der Waals surface area contributed by atoms with Crippen LogP contribution in [0, 0.1) is 0 Å². The third kappa shape index (κ3) is 11.0. The maximum atomic E-state index is 4.26. The zero-order valence-electron chi connectivity index (χ0n) is 14.5. The Kier molecular flexibility index (Phi) is 12.5. The fraction of sp³-hybridized carbons (Fsp3) is 0.706. The third-order valence-electron chi connectivity index (χ3n) is 3.62. The number of likely N-dealkylation sites (N-methyl/N-ethyl adjacent to an activating group) is 2. The SMILES string of the molecule is CN(C)CCN(C)C.[Ni].c1ccc(NC2CCCCC2)nc1. The topological polar surface area (TPSA) is 31.4 Å². The Morgan fingerprint density at radius 2 is 1.59 bits per heavy atom. The van der Waals surface area contributed by atoms with Gasteiger partial charge < -0.3 is 15.1 Å². The zero-order chi connectivity index (χ0) is 15.5. The number of aromatic nitrogens is 1. The van der Waals surface area contributed by atoms with Crippen LogP contribution >= 0.6 is 0 Å². The van der Waals surface area contributed by atoms with Crippen molar-refractivity contribution in [2.24, 2.45) is 0 Å². The van der Waals surface area contributed by atoms with Gasteiger partial charge in [-0.1, -0.05) is 25.3 Å². The Hall–Kier alpha value is -0.636. The molecule has 1 aliphatic carbocycles. The average Bonchev–Trinajstić information content (AvgIpc) is 2.48. The molecule has 0 radical (unpaired) electrons.